The summed E-state index contributed by atoms with van der Waals surface area (Å²) < 4.78 is 12.9. The minimum absolute atomic E-state index is 0.302. The summed E-state index contributed by atoms with van der Waals surface area (Å²) in [6, 6.07) is 6.56. The highest BCUT2D eigenvalue weighted by Crippen LogP contribution is 2.28. The largest absolute Gasteiger partial charge is 0.398 e. The summed E-state index contributed by atoms with van der Waals surface area (Å²) >= 11 is 1.59. The third-order valence-electron chi connectivity index (χ3n) is 2.30. The van der Waals surface area contributed by atoms with Crippen LogP contribution < -0.4 is 5.73 Å². The molecule has 0 amide bonds. The van der Waals surface area contributed by atoms with Gasteiger partial charge in [-0.25, -0.2) is 4.39 Å². The average Bonchev–Trinajstić information content (AvgIpc) is 2.28. The van der Waals surface area contributed by atoms with E-state index in [1.165, 1.54) is 12.1 Å². The molecule has 0 saturated heterocycles. The van der Waals surface area contributed by atoms with Crippen molar-refractivity contribution in [2.75, 3.05) is 5.73 Å². The first-order chi connectivity index (χ1) is 8.15. The zero-order valence-corrected chi connectivity index (χ0v) is 10.3. The van der Waals surface area contributed by atoms with Gasteiger partial charge in [0.2, 0.25) is 0 Å². The van der Waals surface area contributed by atoms with Crippen molar-refractivity contribution in [2.24, 2.45) is 0 Å². The quantitative estimate of drug-likeness (QED) is 0.668. The zero-order chi connectivity index (χ0) is 12.3. The molecule has 0 saturated carbocycles. The van der Waals surface area contributed by atoms with Crippen molar-refractivity contribution in [3.63, 3.8) is 0 Å². The second-order valence-corrected chi connectivity index (χ2v) is 4.86. The number of nitrogens with zero attached hydrogens (tertiary/aromatic N) is 1. The number of nitrogen functional groups attached to an aromatic ring is 1. The summed E-state index contributed by atoms with van der Waals surface area (Å²) in [4.78, 5) is 5.02. The molecule has 0 unspecified atom stereocenters. The van der Waals surface area contributed by atoms with Gasteiger partial charge in [0.1, 0.15) is 5.82 Å². The molecule has 0 spiro atoms. The summed E-state index contributed by atoms with van der Waals surface area (Å²) in [6.45, 7) is 2.01. The number of aromatic nitrogens is 1. The van der Waals surface area contributed by atoms with Gasteiger partial charge in [-0.05, 0) is 36.2 Å². The molecule has 0 aliphatic carbocycles. The molecule has 17 heavy (non-hydrogen) atoms. The second-order valence-electron chi connectivity index (χ2n) is 3.84. The predicted molar refractivity (Wildman–Crippen MR) is 69.3 cm³/mol. The van der Waals surface area contributed by atoms with E-state index in [4.69, 9.17) is 5.73 Å². The van der Waals surface area contributed by atoms with Gasteiger partial charge in [0, 0.05) is 28.7 Å². The van der Waals surface area contributed by atoms with Gasteiger partial charge in [-0.2, -0.15) is 0 Å². The molecular weight excluding hydrogens is 235 g/mol. The number of hydrogen-bond donors (Lipinski definition) is 1. The topological polar surface area (TPSA) is 38.9 Å². The first-order valence-corrected chi connectivity index (χ1v) is 6.22. The number of hydrogen-bond acceptors (Lipinski definition) is 3. The Morgan fingerprint density at radius 1 is 1.29 bits per heavy atom. The Balaban J connectivity index is 2.07. The number of halogens is 1. The summed E-state index contributed by atoms with van der Waals surface area (Å²) in [5, 5.41) is 0. The molecule has 2 rings (SSSR count). The van der Waals surface area contributed by atoms with Crippen molar-refractivity contribution in [1.82, 2.24) is 4.98 Å². The molecule has 0 aliphatic heterocycles. The van der Waals surface area contributed by atoms with Crippen molar-refractivity contribution in [2.45, 2.75) is 17.6 Å². The van der Waals surface area contributed by atoms with E-state index < -0.39 is 0 Å². The molecule has 1 heterocycles. The van der Waals surface area contributed by atoms with E-state index >= 15 is 0 Å². The molecule has 4 heteroatoms. The third-order valence-corrected chi connectivity index (χ3v) is 3.46. The molecule has 0 aliphatic rings. The van der Waals surface area contributed by atoms with Crippen LogP contribution in [0.4, 0.5) is 10.1 Å². The van der Waals surface area contributed by atoms with Gasteiger partial charge in [-0.15, -0.1) is 11.8 Å². The maximum Gasteiger partial charge on any atom is 0.125 e. The number of aryl methyl sites for hydroxylation is 1. The first kappa shape index (κ1) is 11.9. The van der Waals surface area contributed by atoms with Crippen molar-refractivity contribution in [3.8, 4) is 0 Å². The smallest absolute Gasteiger partial charge is 0.125 e. The molecule has 0 atom stereocenters. The van der Waals surface area contributed by atoms with E-state index in [2.05, 4.69) is 11.1 Å². The van der Waals surface area contributed by atoms with Crippen LogP contribution in [-0.2, 0) is 5.75 Å². The van der Waals surface area contributed by atoms with Crippen LogP contribution in [0.15, 0.2) is 41.6 Å². The van der Waals surface area contributed by atoms with E-state index in [1.54, 1.807) is 17.8 Å². The highest BCUT2D eigenvalue weighted by Gasteiger charge is 2.02. The SMILES string of the molecule is Cc1cncc(CSc2ccc(F)cc2N)c1. The molecule has 2 aromatic rings. The minimum atomic E-state index is -0.302. The van der Waals surface area contributed by atoms with Gasteiger partial charge in [0.15, 0.2) is 0 Å². The number of rotatable bonds is 3. The normalized spacial score (nSPS) is 10.5. The van der Waals surface area contributed by atoms with E-state index in [0.29, 0.717) is 5.69 Å². The standard InChI is InChI=1S/C13H13FN2S/c1-9-4-10(7-16-6-9)8-17-13-3-2-11(14)5-12(13)15/h2-7H,8,15H2,1H3. The molecule has 1 aromatic carbocycles. The Morgan fingerprint density at radius 2 is 2.12 bits per heavy atom. The molecule has 2 nitrogen and oxygen atoms in total. The molecule has 0 radical (unpaired) electrons. The molecule has 0 fully saturated rings. The number of anilines is 1. The van der Waals surface area contributed by atoms with Gasteiger partial charge in [-0.1, -0.05) is 6.07 Å². The Kier molecular flexibility index (Phi) is 3.64. The maximum absolute atomic E-state index is 12.9. The molecule has 1 aromatic heterocycles. The van der Waals surface area contributed by atoms with Crippen LogP contribution in [0.3, 0.4) is 0 Å². The van der Waals surface area contributed by atoms with Crippen LogP contribution in [0.2, 0.25) is 0 Å². The molecule has 88 valence electrons. The maximum atomic E-state index is 12.9. The molecule has 0 bridgehead atoms. The van der Waals surface area contributed by atoms with Gasteiger partial charge in [0.25, 0.3) is 0 Å². The van der Waals surface area contributed by atoms with Crippen LogP contribution in [-0.4, -0.2) is 4.98 Å². The van der Waals surface area contributed by atoms with Crippen LogP contribution in [0.1, 0.15) is 11.1 Å². The molecule has 2 N–H and O–H groups in total. The lowest BCUT2D eigenvalue weighted by Crippen LogP contribution is -1.91. The summed E-state index contributed by atoms with van der Waals surface area (Å²) in [5.74, 6) is 0.480. The Morgan fingerprint density at radius 3 is 2.82 bits per heavy atom. The average molecular weight is 248 g/mol. The first-order valence-electron chi connectivity index (χ1n) is 5.23. The Labute approximate surface area is 104 Å². The summed E-state index contributed by atoms with van der Waals surface area (Å²) in [7, 11) is 0. The number of pyridine rings is 1. The highest BCUT2D eigenvalue weighted by atomic mass is 32.2. The second kappa shape index (κ2) is 5.19. The lowest BCUT2D eigenvalue weighted by molar-refractivity contribution is 0.627. The summed E-state index contributed by atoms with van der Waals surface area (Å²) in [5.41, 5.74) is 8.49. The Bertz CT molecular complexity index is 529. The van der Waals surface area contributed by atoms with Crippen molar-refractivity contribution < 1.29 is 4.39 Å². The predicted octanol–water partition coefficient (Wildman–Crippen LogP) is 3.40. The number of nitrogens with two attached hydrogens (primary N) is 1. The minimum Gasteiger partial charge on any atom is -0.398 e. The Hall–Kier alpha value is -1.55. The van der Waals surface area contributed by atoms with Crippen molar-refractivity contribution >= 4 is 17.4 Å². The fraction of sp³-hybridized carbons (Fsp3) is 0.154. The lowest BCUT2D eigenvalue weighted by atomic mass is 10.2. The highest BCUT2D eigenvalue weighted by molar-refractivity contribution is 7.98. The van der Waals surface area contributed by atoms with Gasteiger partial charge in [0.05, 0.1) is 0 Å². The van der Waals surface area contributed by atoms with E-state index in [-0.39, 0.29) is 5.82 Å². The third kappa shape index (κ3) is 3.20. The van der Waals surface area contributed by atoms with E-state index in [0.717, 1.165) is 21.8 Å². The molecular formula is C13H13FN2S. The van der Waals surface area contributed by atoms with E-state index in [1.807, 2.05) is 19.3 Å². The van der Waals surface area contributed by atoms with Crippen LogP contribution in [0, 0.1) is 12.7 Å². The van der Waals surface area contributed by atoms with Gasteiger partial charge >= 0.3 is 0 Å². The van der Waals surface area contributed by atoms with Crippen LogP contribution in [0.5, 0.6) is 0 Å². The summed E-state index contributed by atoms with van der Waals surface area (Å²) in [6.07, 6.45) is 3.65. The lowest BCUT2D eigenvalue weighted by Gasteiger charge is -2.05. The van der Waals surface area contributed by atoms with Crippen LogP contribution >= 0.6 is 11.8 Å². The number of benzene rings is 1. The van der Waals surface area contributed by atoms with Gasteiger partial charge in [-0.3, -0.25) is 4.98 Å². The van der Waals surface area contributed by atoms with Crippen LogP contribution in [0.25, 0.3) is 0 Å². The fourth-order valence-corrected chi connectivity index (χ4v) is 2.38. The monoisotopic (exact) mass is 248 g/mol. The van der Waals surface area contributed by atoms with Gasteiger partial charge < -0.3 is 5.73 Å². The number of thioether (sulfide) groups is 1. The fourth-order valence-electron chi connectivity index (χ4n) is 1.51. The van der Waals surface area contributed by atoms with Crippen molar-refractivity contribution in [1.29, 1.82) is 0 Å². The zero-order valence-electron chi connectivity index (χ0n) is 9.48. The van der Waals surface area contributed by atoms with E-state index in [9.17, 15) is 4.39 Å². The van der Waals surface area contributed by atoms with Crippen molar-refractivity contribution in [3.05, 3.63) is 53.6 Å².